The molecule has 2 unspecified atom stereocenters. The van der Waals surface area contributed by atoms with Crippen molar-refractivity contribution in [1.82, 2.24) is 0 Å². The second-order valence-electron chi connectivity index (χ2n) is 5.10. The normalized spacial score (nSPS) is 21.9. The average Bonchev–Trinajstić information content (AvgIpc) is 2.86. The number of nitrogen functional groups attached to an aromatic ring is 1. The predicted octanol–water partition coefficient (Wildman–Crippen LogP) is 3.28. The van der Waals surface area contributed by atoms with Crippen molar-refractivity contribution in [3.63, 3.8) is 0 Å². The zero-order chi connectivity index (χ0) is 14.5. The fraction of sp³-hybridized carbons (Fsp3) is 0.533. The quantitative estimate of drug-likeness (QED) is 0.646. The number of rotatable bonds is 5. The SMILES string of the molecule is CCCSc1ccc(N)c(NC(=O)C2CCC(C)O2)c1. The molecular weight excluding hydrogens is 272 g/mol. The lowest BCUT2D eigenvalue weighted by Gasteiger charge is -2.14. The minimum atomic E-state index is -0.351. The highest BCUT2D eigenvalue weighted by Gasteiger charge is 2.28. The van der Waals surface area contributed by atoms with Crippen molar-refractivity contribution in [1.29, 1.82) is 0 Å². The first kappa shape index (κ1) is 15.2. The Morgan fingerprint density at radius 2 is 2.30 bits per heavy atom. The number of anilines is 2. The van der Waals surface area contributed by atoms with Crippen LogP contribution in [0.15, 0.2) is 23.1 Å². The molecule has 5 heteroatoms. The molecule has 0 aromatic heterocycles. The number of nitrogens with two attached hydrogens (primary N) is 1. The molecular formula is C15H22N2O2S. The summed E-state index contributed by atoms with van der Waals surface area (Å²) in [5.74, 6) is 0.958. The van der Waals surface area contributed by atoms with Crippen LogP contribution in [0.1, 0.15) is 33.1 Å². The molecule has 1 fully saturated rings. The van der Waals surface area contributed by atoms with Gasteiger partial charge in [-0.25, -0.2) is 0 Å². The topological polar surface area (TPSA) is 64.3 Å². The molecule has 1 heterocycles. The maximum absolute atomic E-state index is 12.1. The Bertz CT molecular complexity index is 479. The van der Waals surface area contributed by atoms with Gasteiger partial charge < -0.3 is 15.8 Å². The summed E-state index contributed by atoms with van der Waals surface area (Å²) in [5.41, 5.74) is 7.20. The number of amides is 1. The van der Waals surface area contributed by atoms with Crippen LogP contribution in [-0.2, 0) is 9.53 Å². The summed E-state index contributed by atoms with van der Waals surface area (Å²) >= 11 is 1.76. The standard InChI is InChI=1S/C15H22N2O2S/c1-3-8-20-11-5-6-12(16)13(9-11)17-15(18)14-7-4-10(2)19-14/h5-6,9-10,14H,3-4,7-8,16H2,1-2H3,(H,17,18). The van der Waals surface area contributed by atoms with Crippen LogP contribution in [0.3, 0.4) is 0 Å². The Kier molecular flexibility index (Phi) is 5.31. The van der Waals surface area contributed by atoms with E-state index in [-0.39, 0.29) is 18.1 Å². The minimum Gasteiger partial charge on any atom is -0.397 e. The number of ether oxygens (including phenoxy) is 1. The van der Waals surface area contributed by atoms with Crippen LogP contribution >= 0.6 is 11.8 Å². The second-order valence-corrected chi connectivity index (χ2v) is 6.27. The highest BCUT2D eigenvalue weighted by molar-refractivity contribution is 7.99. The fourth-order valence-corrected chi connectivity index (χ4v) is 2.97. The largest absolute Gasteiger partial charge is 0.397 e. The van der Waals surface area contributed by atoms with Crippen molar-refractivity contribution in [2.75, 3.05) is 16.8 Å². The van der Waals surface area contributed by atoms with Gasteiger partial charge in [-0.15, -0.1) is 11.8 Å². The molecule has 0 radical (unpaired) electrons. The number of hydrogen-bond acceptors (Lipinski definition) is 4. The molecule has 1 saturated heterocycles. The van der Waals surface area contributed by atoms with Crippen LogP contribution in [0.25, 0.3) is 0 Å². The van der Waals surface area contributed by atoms with Gasteiger partial charge in [0.05, 0.1) is 17.5 Å². The van der Waals surface area contributed by atoms with E-state index in [2.05, 4.69) is 12.2 Å². The molecule has 3 N–H and O–H groups in total. The molecule has 1 aromatic carbocycles. The Hall–Kier alpha value is -1.20. The molecule has 2 atom stereocenters. The van der Waals surface area contributed by atoms with Crippen molar-refractivity contribution in [2.45, 2.75) is 50.2 Å². The minimum absolute atomic E-state index is 0.0984. The van der Waals surface area contributed by atoms with Gasteiger partial charge in [-0.05, 0) is 50.1 Å². The van der Waals surface area contributed by atoms with Crippen molar-refractivity contribution in [3.05, 3.63) is 18.2 Å². The first-order valence-electron chi connectivity index (χ1n) is 7.08. The van der Waals surface area contributed by atoms with Crippen LogP contribution < -0.4 is 11.1 Å². The summed E-state index contributed by atoms with van der Waals surface area (Å²) < 4.78 is 5.57. The molecule has 0 saturated carbocycles. The molecule has 4 nitrogen and oxygen atoms in total. The zero-order valence-corrected chi connectivity index (χ0v) is 12.8. The molecule has 2 rings (SSSR count). The molecule has 1 aliphatic heterocycles. The van der Waals surface area contributed by atoms with E-state index in [0.29, 0.717) is 11.4 Å². The molecule has 1 aromatic rings. The van der Waals surface area contributed by atoms with Gasteiger partial charge >= 0.3 is 0 Å². The smallest absolute Gasteiger partial charge is 0.253 e. The van der Waals surface area contributed by atoms with Gasteiger partial charge in [-0.1, -0.05) is 6.92 Å². The third-order valence-electron chi connectivity index (χ3n) is 3.28. The number of hydrogen-bond donors (Lipinski definition) is 2. The maximum atomic E-state index is 12.1. The Morgan fingerprint density at radius 1 is 1.50 bits per heavy atom. The average molecular weight is 294 g/mol. The van der Waals surface area contributed by atoms with E-state index in [1.54, 1.807) is 11.8 Å². The van der Waals surface area contributed by atoms with Gasteiger partial charge in [-0.2, -0.15) is 0 Å². The molecule has 20 heavy (non-hydrogen) atoms. The van der Waals surface area contributed by atoms with E-state index < -0.39 is 0 Å². The van der Waals surface area contributed by atoms with E-state index in [4.69, 9.17) is 10.5 Å². The van der Waals surface area contributed by atoms with Gasteiger partial charge in [0, 0.05) is 4.90 Å². The Balaban J connectivity index is 2.02. The van der Waals surface area contributed by atoms with Crippen molar-refractivity contribution in [2.24, 2.45) is 0 Å². The second kappa shape index (κ2) is 6.99. The summed E-state index contributed by atoms with van der Waals surface area (Å²) in [6, 6.07) is 5.76. The van der Waals surface area contributed by atoms with Crippen LogP contribution in [0.5, 0.6) is 0 Å². The van der Waals surface area contributed by atoms with Crippen molar-refractivity contribution < 1.29 is 9.53 Å². The third-order valence-corrected chi connectivity index (χ3v) is 4.48. The molecule has 1 amide bonds. The molecule has 110 valence electrons. The number of carbonyl (C=O) groups excluding carboxylic acids is 1. The molecule has 0 aliphatic carbocycles. The van der Waals surface area contributed by atoms with Gasteiger partial charge in [0.2, 0.25) is 0 Å². The van der Waals surface area contributed by atoms with E-state index in [1.807, 2.05) is 25.1 Å². The molecule has 1 aliphatic rings. The molecule has 0 bridgehead atoms. The Labute approximate surface area is 124 Å². The molecule has 0 spiro atoms. The van der Waals surface area contributed by atoms with E-state index >= 15 is 0 Å². The highest BCUT2D eigenvalue weighted by atomic mass is 32.2. The summed E-state index contributed by atoms with van der Waals surface area (Å²) in [5, 5.41) is 2.89. The number of thioether (sulfide) groups is 1. The van der Waals surface area contributed by atoms with Crippen LogP contribution in [-0.4, -0.2) is 23.9 Å². The predicted molar refractivity (Wildman–Crippen MR) is 84.1 cm³/mol. The van der Waals surface area contributed by atoms with Crippen molar-refractivity contribution in [3.8, 4) is 0 Å². The zero-order valence-electron chi connectivity index (χ0n) is 12.0. The summed E-state index contributed by atoms with van der Waals surface area (Å²) in [4.78, 5) is 13.3. The number of benzene rings is 1. The van der Waals surface area contributed by atoms with Gasteiger partial charge in [-0.3, -0.25) is 4.79 Å². The maximum Gasteiger partial charge on any atom is 0.253 e. The van der Waals surface area contributed by atoms with E-state index in [1.165, 1.54) is 0 Å². The first-order chi connectivity index (χ1) is 9.60. The third kappa shape index (κ3) is 3.90. The number of carbonyl (C=O) groups is 1. The van der Waals surface area contributed by atoms with E-state index in [9.17, 15) is 4.79 Å². The lowest BCUT2D eigenvalue weighted by molar-refractivity contribution is -0.126. The summed E-state index contributed by atoms with van der Waals surface area (Å²) in [6.45, 7) is 4.13. The van der Waals surface area contributed by atoms with Gasteiger partial charge in [0.1, 0.15) is 6.10 Å². The lowest BCUT2D eigenvalue weighted by atomic mass is 10.2. The van der Waals surface area contributed by atoms with Crippen molar-refractivity contribution >= 4 is 29.0 Å². The van der Waals surface area contributed by atoms with Crippen LogP contribution in [0, 0.1) is 0 Å². The van der Waals surface area contributed by atoms with Gasteiger partial charge in [0.15, 0.2) is 0 Å². The Morgan fingerprint density at radius 3 is 2.95 bits per heavy atom. The summed E-state index contributed by atoms with van der Waals surface area (Å²) in [6.07, 6.45) is 2.63. The first-order valence-corrected chi connectivity index (χ1v) is 8.07. The highest BCUT2D eigenvalue weighted by Crippen LogP contribution is 2.28. The van der Waals surface area contributed by atoms with E-state index in [0.717, 1.165) is 29.9 Å². The number of nitrogens with one attached hydrogen (secondary N) is 1. The monoisotopic (exact) mass is 294 g/mol. The van der Waals surface area contributed by atoms with Gasteiger partial charge in [0.25, 0.3) is 5.91 Å². The van der Waals surface area contributed by atoms with Crippen LogP contribution in [0.2, 0.25) is 0 Å². The van der Waals surface area contributed by atoms with Crippen LogP contribution in [0.4, 0.5) is 11.4 Å². The summed E-state index contributed by atoms with van der Waals surface area (Å²) in [7, 11) is 0. The fourth-order valence-electron chi connectivity index (χ4n) is 2.16. The lowest BCUT2D eigenvalue weighted by Crippen LogP contribution is -2.28.